The molecule has 3 fully saturated rings. The molecule has 3 saturated carbocycles. The highest BCUT2D eigenvalue weighted by Gasteiger charge is 2.53. The van der Waals surface area contributed by atoms with Gasteiger partial charge in [-0.3, -0.25) is 9.59 Å². The zero-order valence-corrected chi connectivity index (χ0v) is 18.4. The quantitative estimate of drug-likeness (QED) is 0.614. The number of fused-ring (bicyclic) bond motifs is 4. The first-order chi connectivity index (χ1) is 15.3. The number of imidazole rings is 1. The maximum absolute atomic E-state index is 13.7. The monoisotopic (exact) mass is 455 g/mol. The van der Waals surface area contributed by atoms with Crippen LogP contribution < -0.4 is 10.6 Å². The molecule has 0 spiro atoms. The lowest BCUT2D eigenvalue weighted by Crippen LogP contribution is -2.59. The fourth-order valence-electron chi connectivity index (χ4n) is 5.01. The first kappa shape index (κ1) is 20.9. The number of rotatable bonds is 4. The van der Waals surface area contributed by atoms with E-state index < -0.39 is 11.2 Å². The summed E-state index contributed by atoms with van der Waals surface area (Å²) in [5, 5.41) is 10.5. The number of hydrogen-bond donors (Lipinski definition) is 2. The number of nitrogens with zero attached hydrogens (tertiary/aromatic N) is 3. The van der Waals surface area contributed by atoms with E-state index in [1.807, 2.05) is 0 Å². The minimum Gasteiger partial charge on any atom is -0.345 e. The number of amides is 2. The summed E-state index contributed by atoms with van der Waals surface area (Å²) >= 11 is 6.14. The average molecular weight is 456 g/mol. The van der Waals surface area contributed by atoms with Crippen LogP contribution in [0.25, 0.3) is 5.65 Å². The Morgan fingerprint density at radius 3 is 2.59 bits per heavy atom. The fraction of sp³-hybridized carbons (Fsp3) is 0.391. The van der Waals surface area contributed by atoms with Crippen LogP contribution in [0.5, 0.6) is 0 Å². The van der Waals surface area contributed by atoms with E-state index in [4.69, 9.17) is 11.6 Å². The number of carbonyl (C=O) groups excluding carboxylic acids is 2. The van der Waals surface area contributed by atoms with E-state index in [2.05, 4.69) is 20.7 Å². The highest BCUT2D eigenvalue weighted by Crippen LogP contribution is 2.53. The number of aryl methyl sites for hydroxylation is 1. The van der Waals surface area contributed by atoms with E-state index in [1.165, 1.54) is 16.8 Å². The van der Waals surface area contributed by atoms with E-state index in [-0.39, 0.29) is 22.4 Å². The highest BCUT2D eigenvalue weighted by atomic mass is 35.5. The summed E-state index contributed by atoms with van der Waals surface area (Å²) in [4.78, 5) is 30.4. The molecule has 2 amide bonds. The van der Waals surface area contributed by atoms with Gasteiger partial charge in [0.15, 0.2) is 5.65 Å². The lowest BCUT2D eigenvalue weighted by Gasteiger charge is -2.52. The topological polar surface area (TPSA) is 88.4 Å². The van der Waals surface area contributed by atoms with Crippen LogP contribution in [0, 0.1) is 18.2 Å². The summed E-state index contributed by atoms with van der Waals surface area (Å²) in [7, 11) is 0. The first-order valence-corrected chi connectivity index (χ1v) is 11.1. The Kier molecular flexibility index (Phi) is 4.93. The Bertz CT molecular complexity index is 1220. The van der Waals surface area contributed by atoms with Crippen molar-refractivity contribution in [1.29, 1.82) is 0 Å². The molecule has 1 aromatic carbocycles. The van der Waals surface area contributed by atoms with Crippen molar-refractivity contribution in [1.82, 2.24) is 19.9 Å². The van der Waals surface area contributed by atoms with Crippen molar-refractivity contribution >= 4 is 34.7 Å². The molecule has 7 nitrogen and oxygen atoms in total. The standard InChI is InChI=1S/C23H23ClFN5O2/c1-14-11-17(15(24)12-16(14)25)28-21(32)22-4-7-23(8-5-22,9-6-22)29-20(31)18-13-26-19-3-2-10-27-30(18)19/h2-3,10-13H,4-9H2,1H3,(H,28,32)(H,29,31). The molecule has 0 saturated heterocycles. The molecule has 3 aromatic rings. The molecule has 0 atom stereocenters. The maximum atomic E-state index is 13.7. The van der Waals surface area contributed by atoms with Gasteiger partial charge in [-0.1, -0.05) is 11.6 Å². The van der Waals surface area contributed by atoms with E-state index in [0.29, 0.717) is 61.1 Å². The first-order valence-electron chi connectivity index (χ1n) is 10.7. The van der Waals surface area contributed by atoms with E-state index in [0.717, 1.165) is 0 Å². The molecule has 2 aromatic heterocycles. The third-order valence-electron chi connectivity index (χ3n) is 7.11. The molecule has 2 N–H and O–H groups in total. The van der Waals surface area contributed by atoms with Gasteiger partial charge in [0, 0.05) is 17.2 Å². The van der Waals surface area contributed by atoms with Gasteiger partial charge in [-0.05, 0) is 75.3 Å². The summed E-state index contributed by atoms with van der Waals surface area (Å²) in [6.45, 7) is 1.64. The zero-order chi connectivity index (χ0) is 22.5. The molecule has 9 heteroatoms. The van der Waals surface area contributed by atoms with E-state index >= 15 is 0 Å². The summed E-state index contributed by atoms with van der Waals surface area (Å²) < 4.78 is 15.2. The maximum Gasteiger partial charge on any atom is 0.272 e. The van der Waals surface area contributed by atoms with Crippen LogP contribution in [0.1, 0.15) is 54.6 Å². The van der Waals surface area contributed by atoms with Crippen molar-refractivity contribution in [3.63, 3.8) is 0 Å². The number of anilines is 1. The van der Waals surface area contributed by atoms with Crippen molar-refractivity contribution in [2.45, 2.75) is 51.0 Å². The molecule has 0 radical (unpaired) electrons. The predicted molar refractivity (Wildman–Crippen MR) is 118 cm³/mol. The zero-order valence-electron chi connectivity index (χ0n) is 17.6. The van der Waals surface area contributed by atoms with E-state index in [9.17, 15) is 14.0 Å². The molecule has 2 heterocycles. The van der Waals surface area contributed by atoms with Gasteiger partial charge in [0.25, 0.3) is 5.91 Å². The van der Waals surface area contributed by atoms with E-state index in [1.54, 1.807) is 31.3 Å². The van der Waals surface area contributed by atoms with Crippen LogP contribution >= 0.6 is 11.6 Å². The highest BCUT2D eigenvalue weighted by molar-refractivity contribution is 6.33. The molecule has 166 valence electrons. The second-order valence-corrected chi connectivity index (χ2v) is 9.39. The number of aromatic nitrogens is 3. The van der Waals surface area contributed by atoms with Gasteiger partial charge in [0.05, 0.1) is 16.9 Å². The van der Waals surface area contributed by atoms with Gasteiger partial charge in [-0.2, -0.15) is 5.10 Å². The Labute approximate surface area is 189 Å². The number of benzene rings is 1. The van der Waals surface area contributed by atoms with Crippen LogP contribution in [0.3, 0.4) is 0 Å². The van der Waals surface area contributed by atoms with Gasteiger partial charge < -0.3 is 10.6 Å². The van der Waals surface area contributed by atoms with Crippen LogP contribution in [0.2, 0.25) is 5.02 Å². The third-order valence-corrected chi connectivity index (χ3v) is 7.43. The second kappa shape index (κ2) is 7.55. The minimum absolute atomic E-state index is 0.0870. The Balaban J connectivity index is 1.28. The van der Waals surface area contributed by atoms with Crippen molar-refractivity contribution in [2.75, 3.05) is 5.32 Å². The molecule has 0 aliphatic heterocycles. The minimum atomic E-state index is -0.497. The van der Waals surface area contributed by atoms with Gasteiger partial charge >= 0.3 is 0 Å². The van der Waals surface area contributed by atoms with Crippen molar-refractivity contribution in [3.05, 3.63) is 58.8 Å². The molecular formula is C23H23ClFN5O2. The SMILES string of the molecule is Cc1cc(NC(=O)C23CCC(NC(=O)c4cnc5cccnn45)(CC2)CC3)c(Cl)cc1F. The van der Waals surface area contributed by atoms with Gasteiger partial charge in [0.2, 0.25) is 5.91 Å². The largest absolute Gasteiger partial charge is 0.345 e. The molecule has 32 heavy (non-hydrogen) atoms. The Morgan fingerprint density at radius 2 is 1.88 bits per heavy atom. The number of hydrogen-bond acceptors (Lipinski definition) is 4. The summed E-state index contributed by atoms with van der Waals surface area (Å²) in [6.07, 6.45) is 7.30. The molecule has 2 bridgehead atoms. The van der Waals surface area contributed by atoms with Gasteiger partial charge in [0.1, 0.15) is 11.5 Å². The fourth-order valence-corrected chi connectivity index (χ4v) is 5.21. The number of nitrogens with one attached hydrogen (secondary N) is 2. The van der Waals surface area contributed by atoms with Crippen molar-refractivity contribution in [3.8, 4) is 0 Å². The number of halogens is 2. The smallest absolute Gasteiger partial charge is 0.272 e. The summed E-state index contributed by atoms with van der Waals surface area (Å²) in [6, 6.07) is 6.36. The normalized spacial score (nSPS) is 24.5. The molecular weight excluding hydrogens is 433 g/mol. The lowest BCUT2D eigenvalue weighted by atomic mass is 9.57. The Hall–Kier alpha value is -3.00. The summed E-state index contributed by atoms with van der Waals surface area (Å²) in [5.74, 6) is -0.692. The van der Waals surface area contributed by atoms with Crippen LogP contribution in [-0.4, -0.2) is 32.0 Å². The Morgan fingerprint density at radius 1 is 1.16 bits per heavy atom. The third kappa shape index (κ3) is 3.43. The average Bonchev–Trinajstić information content (AvgIpc) is 3.23. The van der Waals surface area contributed by atoms with Crippen molar-refractivity contribution in [2.24, 2.45) is 5.41 Å². The predicted octanol–water partition coefficient (Wildman–Crippen LogP) is 4.29. The van der Waals surface area contributed by atoms with Gasteiger partial charge in [-0.25, -0.2) is 13.9 Å². The molecule has 3 aliphatic rings. The summed E-state index contributed by atoms with van der Waals surface area (Å²) in [5.41, 5.74) is 1.05. The van der Waals surface area contributed by atoms with Crippen LogP contribution in [0.15, 0.2) is 36.7 Å². The van der Waals surface area contributed by atoms with Crippen molar-refractivity contribution < 1.29 is 14.0 Å². The second-order valence-electron chi connectivity index (χ2n) is 8.99. The molecule has 6 rings (SSSR count). The molecule has 3 aliphatic carbocycles. The number of carbonyl (C=O) groups is 2. The molecule has 0 unspecified atom stereocenters. The lowest BCUT2D eigenvalue weighted by molar-refractivity contribution is -0.132. The van der Waals surface area contributed by atoms with Gasteiger partial charge in [-0.15, -0.1) is 0 Å². The van der Waals surface area contributed by atoms with Crippen LogP contribution in [0.4, 0.5) is 10.1 Å². The van der Waals surface area contributed by atoms with Crippen LogP contribution in [-0.2, 0) is 4.79 Å².